The van der Waals surface area contributed by atoms with Crippen LogP contribution in [0.3, 0.4) is 0 Å². The highest BCUT2D eigenvalue weighted by atomic mass is 19.1. The SMILES string of the molecule is Cc1ccc(NC(=O)[C@@H](C)OC(=O)c2cc(C(C)C)nc3c2cnn3C(C)C)cc1F. The molecule has 0 saturated heterocycles. The summed E-state index contributed by atoms with van der Waals surface area (Å²) in [5.41, 5.74) is 2.40. The van der Waals surface area contributed by atoms with Crippen molar-refractivity contribution in [3.8, 4) is 0 Å². The van der Waals surface area contributed by atoms with Crippen molar-refractivity contribution in [1.82, 2.24) is 14.8 Å². The van der Waals surface area contributed by atoms with Gasteiger partial charge in [-0.2, -0.15) is 5.10 Å². The van der Waals surface area contributed by atoms with Crippen molar-refractivity contribution >= 4 is 28.6 Å². The van der Waals surface area contributed by atoms with Crippen molar-refractivity contribution in [2.45, 2.75) is 59.6 Å². The van der Waals surface area contributed by atoms with Crippen LogP contribution in [0.15, 0.2) is 30.5 Å². The zero-order valence-corrected chi connectivity index (χ0v) is 18.6. The summed E-state index contributed by atoms with van der Waals surface area (Å²) in [5, 5.41) is 7.49. The number of carbonyl (C=O) groups excluding carboxylic acids is 2. The van der Waals surface area contributed by atoms with Crippen molar-refractivity contribution in [3.63, 3.8) is 0 Å². The van der Waals surface area contributed by atoms with Crippen LogP contribution in [-0.2, 0) is 9.53 Å². The minimum atomic E-state index is -1.08. The Bertz CT molecular complexity index is 1140. The van der Waals surface area contributed by atoms with Gasteiger partial charge < -0.3 is 10.1 Å². The summed E-state index contributed by atoms with van der Waals surface area (Å²) in [4.78, 5) is 30.1. The molecule has 31 heavy (non-hydrogen) atoms. The lowest BCUT2D eigenvalue weighted by atomic mass is 10.1. The van der Waals surface area contributed by atoms with Crippen LogP contribution in [0.2, 0.25) is 0 Å². The number of aryl methyl sites for hydroxylation is 1. The molecule has 7 nitrogen and oxygen atoms in total. The topological polar surface area (TPSA) is 86.1 Å². The van der Waals surface area contributed by atoms with Gasteiger partial charge in [-0.15, -0.1) is 0 Å². The number of pyridine rings is 1. The van der Waals surface area contributed by atoms with Gasteiger partial charge in [0.15, 0.2) is 11.8 Å². The summed E-state index contributed by atoms with van der Waals surface area (Å²) >= 11 is 0. The van der Waals surface area contributed by atoms with E-state index in [9.17, 15) is 14.0 Å². The molecule has 0 aliphatic heterocycles. The Morgan fingerprint density at radius 3 is 2.45 bits per heavy atom. The molecule has 0 fully saturated rings. The Morgan fingerprint density at radius 1 is 1.13 bits per heavy atom. The molecule has 0 saturated carbocycles. The molecule has 0 bridgehead atoms. The van der Waals surface area contributed by atoms with Gasteiger partial charge in [0.1, 0.15) is 5.82 Å². The Balaban J connectivity index is 1.84. The summed E-state index contributed by atoms with van der Waals surface area (Å²) in [5.74, 6) is -1.53. The van der Waals surface area contributed by atoms with E-state index in [1.807, 2.05) is 27.7 Å². The summed E-state index contributed by atoms with van der Waals surface area (Å²) in [6.45, 7) is 11.0. The largest absolute Gasteiger partial charge is 0.449 e. The van der Waals surface area contributed by atoms with E-state index in [2.05, 4.69) is 15.4 Å². The van der Waals surface area contributed by atoms with E-state index in [4.69, 9.17) is 4.74 Å². The van der Waals surface area contributed by atoms with E-state index in [0.717, 1.165) is 5.69 Å². The second kappa shape index (κ2) is 8.83. The van der Waals surface area contributed by atoms with E-state index in [1.165, 1.54) is 13.0 Å². The fourth-order valence-electron chi connectivity index (χ4n) is 3.07. The lowest BCUT2D eigenvalue weighted by molar-refractivity contribution is -0.123. The highest BCUT2D eigenvalue weighted by Crippen LogP contribution is 2.25. The second-order valence-electron chi connectivity index (χ2n) is 8.17. The first kappa shape index (κ1) is 22.4. The number of hydrogen-bond acceptors (Lipinski definition) is 5. The third kappa shape index (κ3) is 4.73. The molecule has 0 unspecified atom stereocenters. The Kier molecular flexibility index (Phi) is 6.38. The van der Waals surface area contributed by atoms with E-state index in [1.54, 1.807) is 36.0 Å². The normalized spacial score (nSPS) is 12.4. The highest BCUT2D eigenvalue weighted by Gasteiger charge is 2.24. The summed E-state index contributed by atoms with van der Waals surface area (Å²) in [6.07, 6.45) is 0.505. The number of rotatable bonds is 6. The van der Waals surface area contributed by atoms with Gasteiger partial charge in [0.05, 0.1) is 17.1 Å². The number of carbonyl (C=O) groups is 2. The maximum atomic E-state index is 13.7. The van der Waals surface area contributed by atoms with Crippen molar-refractivity contribution in [3.05, 3.63) is 53.1 Å². The van der Waals surface area contributed by atoms with Crippen LogP contribution in [0, 0.1) is 12.7 Å². The third-order valence-electron chi connectivity index (χ3n) is 4.98. The highest BCUT2D eigenvalue weighted by molar-refractivity contribution is 6.04. The average Bonchev–Trinajstić information content (AvgIpc) is 3.14. The van der Waals surface area contributed by atoms with Gasteiger partial charge in [-0.05, 0) is 57.4 Å². The van der Waals surface area contributed by atoms with Gasteiger partial charge in [-0.3, -0.25) is 4.79 Å². The first-order chi connectivity index (χ1) is 14.6. The molecule has 0 radical (unpaired) electrons. The molecule has 1 amide bonds. The average molecular weight is 426 g/mol. The zero-order chi connectivity index (χ0) is 22.9. The standard InChI is InChI=1S/C23H27FN4O3/c1-12(2)20-10-17(18-11-25-28(13(3)4)21(18)27-20)23(30)31-15(6)22(29)26-16-8-7-14(5)19(24)9-16/h7-13,15H,1-6H3,(H,26,29)/t15-/m1/s1. The number of halogens is 1. The van der Waals surface area contributed by atoms with Crippen molar-refractivity contribution < 1.29 is 18.7 Å². The van der Waals surface area contributed by atoms with Crippen molar-refractivity contribution in [1.29, 1.82) is 0 Å². The maximum Gasteiger partial charge on any atom is 0.339 e. The summed E-state index contributed by atoms with van der Waals surface area (Å²) in [7, 11) is 0. The van der Waals surface area contributed by atoms with E-state index < -0.39 is 23.8 Å². The fourth-order valence-corrected chi connectivity index (χ4v) is 3.07. The van der Waals surface area contributed by atoms with Crippen LogP contribution >= 0.6 is 0 Å². The van der Waals surface area contributed by atoms with Gasteiger partial charge in [-0.1, -0.05) is 19.9 Å². The van der Waals surface area contributed by atoms with Crippen LogP contribution < -0.4 is 5.32 Å². The monoisotopic (exact) mass is 426 g/mol. The molecular weight excluding hydrogens is 399 g/mol. The summed E-state index contributed by atoms with van der Waals surface area (Å²) in [6, 6.07) is 6.13. The predicted octanol–water partition coefficient (Wildman–Crippen LogP) is 4.77. The Labute approximate surface area is 180 Å². The van der Waals surface area contributed by atoms with E-state index >= 15 is 0 Å². The minimum absolute atomic E-state index is 0.0656. The Hall–Kier alpha value is -3.29. The van der Waals surface area contributed by atoms with Gasteiger partial charge in [0.25, 0.3) is 5.91 Å². The predicted molar refractivity (Wildman–Crippen MR) is 117 cm³/mol. The first-order valence-corrected chi connectivity index (χ1v) is 10.2. The number of hydrogen-bond donors (Lipinski definition) is 1. The number of esters is 1. The van der Waals surface area contributed by atoms with Gasteiger partial charge in [0, 0.05) is 17.4 Å². The van der Waals surface area contributed by atoms with Gasteiger partial charge >= 0.3 is 5.97 Å². The third-order valence-corrected chi connectivity index (χ3v) is 4.98. The van der Waals surface area contributed by atoms with Crippen LogP contribution in [0.5, 0.6) is 0 Å². The molecule has 1 N–H and O–H groups in total. The molecule has 0 aliphatic rings. The quantitative estimate of drug-likeness (QED) is 0.574. The molecule has 3 rings (SSSR count). The number of amides is 1. The van der Waals surface area contributed by atoms with Gasteiger partial charge in [0.2, 0.25) is 0 Å². The number of ether oxygens (including phenoxy) is 1. The zero-order valence-electron chi connectivity index (χ0n) is 18.6. The van der Waals surface area contributed by atoms with Crippen molar-refractivity contribution in [2.75, 3.05) is 5.32 Å². The lowest BCUT2D eigenvalue weighted by Crippen LogP contribution is -2.30. The second-order valence-corrected chi connectivity index (χ2v) is 8.17. The Morgan fingerprint density at radius 2 is 1.84 bits per heavy atom. The molecule has 8 heteroatoms. The maximum absolute atomic E-state index is 13.7. The molecule has 0 spiro atoms. The lowest BCUT2D eigenvalue weighted by Gasteiger charge is -2.15. The smallest absolute Gasteiger partial charge is 0.339 e. The van der Waals surface area contributed by atoms with Crippen LogP contribution in [0.1, 0.15) is 68.2 Å². The van der Waals surface area contributed by atoms with Crippen molar-refractivity contribution in [2.24, 2.45) is 0 Å². The van der Waals surface area contributed by atoms with E-state index in [0.29, 0.717) is 27.8 Å². The van der Waals surface area contributed by atoms with Crippen LogP contribution in [0.4, 0.5) is 10.1 Å². The number of nitrogens with one attached hydrogen (secondary N) is 1. The molecule has 2 aromatic heterocycles. The molecule has 3 aromatic rings. The summed E-state index contributed by atoms with van der Waals surface area (Å²) < 4.78 is 20.9. The first-order valence-electron chi connectivity index (χ1n) is 10.2. The van der Waals surface area contributed by atoms with E-state index in [-0.39, 0.29) is 12.0 Å². The van der Waals surface area contributed by atoms with Gasteiger partial charge in [-0.25, -0.2) is 18.9 Å². The number of nitrogens with zero attached hydrogens (tertiary/aromatic N) is 3. The molecule has 1 atom stereocenters. The van der Waals surface area contributed by atoms with Crippen LogP contribution in [-0.4, -0.2) is 32.7 Å². The molecule has 2 heterocycles. The number of fused-ring (bicyclic) bond motifs is 1. The minimum Gasteiger partial charge on any atom is -0.449 e. The number of aromatic nitrogens is 3. The molecular formula is C23H27FN4O3. The fraction of sp³-hybridized carbons (Fsp3) is 0.391. The number of anilines is 1. The van der Waals surface area contributed by atoms with Crippen LogP contribution in [0.25, 0.3) is 11.0 Å². The molecule has 0 aliphatic carbocycles. The molecule has 164 valence electrons. The molecule has 1 aromatic carbocycles. The number of benzene rings is 1.